The summed E-state index contributed by atoms with van der Waals surface area (Å²) in [5.74, 6) is 0.608. The highest BCUT2D eigenvalue weighted by atomic mass is 16.6. The summed E-state index contributed by atoms with van der Waals surface area (Å²) in [5.41, 5.74) is 2.31. The number of piperidine rings is 1. The highest BCUT2D eigenvalue weighted by molar-refractivity contribution is 5.73. The van der Waals surface area contributed by atoms with E-state index >= 15 is 0 Å². The summed E-state index contributed by atoms with van der Waals surface area (Å²) in [6, 6.07) is 8.85. The van der Waals surface area contributed by atoms with E-state index in [9.17, 15) is 4.79 Å². The molecule has 0 saturated carbocycles. The van der Waals surface area contributed by atoms with Crippen molar-refractivity contribution < 1.29 is 9.53 Å². The van der Waals surface area contributed by atoms with Crippen molar-refractivity contribution in [2.45, 2.75) is 50.2 Å². The first-order valence-corrected chi connectivity index (χ1v) is 7.35. The standard InChI is InChI=1S/C16H19NO2/c1-2-8-16-13-6-4-3-5-12(13)11-7-9-17(14(16)10-11)15(18)19-16/h3-6,11,14H,2,7-10H2,1H3. The van der Waals surface area contributed by atoms with Gasteiger partial charge in [-0.25, -0.2) is 4.79 Å². The number of amides is 1. The largest absolute Gasteiger partial charge is 0.436 e. The Kier molecular flexibility index (Phi) is 2.23. The molecule has 19 heavy (non-hydrogen) atoms. The fourth-order valence-electron chi connectivity index (χ4n) is 4.39. The van der Waals surface area contributed by atoms with Gasteiger partial charge in [-0.2, -0.15) is 0 Å². The fourth-order valence-corrected chi connectivity index (χ4v) is 4.39. The van der Waals surface area contributed by atoms with E-state index in [1.807, 2.05) is 4.90 Å². The Morgan fingerprint density at radius 3 is 3.11 bits per heavy atom. The average Bonchev–Trinajstić information content (AvgIpc) is 2.75. The Labute approximate surface area is 113 Å². The minimum absolute atomic E-state index is 0.103. The van der Waals surface area contributed by atoms with Crippen LogP contribution in [0.5, 0.6) is 0 Å². The Morgan fingerprint density at radius 1 is 1.42 bits per heavy atom. The molecule has 3 heteroatoms. The highest BCUT2D eigenvalue weighted by Gasteiger charge is 2.59. The summed E-state index contributed by atoms with van der Waals surface area (Å²) in [6.45, 7) is 3.02. The molecular formula is C16H19NO2. The second-order valence-electron chi connectivity index (χ2n) is 6.03. The molecular weight excluding hydrogens is 238 g/mol. The van der Waals surface area contributed by atoms with E-state index in [1.165, 1.54) is 11.1 Å². The van der Waals surface area contributed by atoms with Crippen LogP contribution < -0.4 is 0 Å². The van der Waals surface area contributed by atoms with Crippen LogP contribution in [-0.4, -0.2) is 23.6 Å². The summed E-state index contributed by atoms with van der Waals surface area (Å²) >= 11 is 0. The van der Waals surface area contributed by atoms with Gasteiger partial charge >= 0.3 is 6.09 Å². The normalized spacial score (nSPS) is 35.0. The van der Waals surface area contributed by atoms with E-state index in [0.29, 0.717) is 5.92 Å². The summed E-state index contributed by atoms with van der Waals surface area (Å²) < 4.78 is 5.94. The minimum Gasteiger partial charge on any atom is -0.436 e. The lowest BCUT2D eigenvalue weighted by Gasteiger charge is -2.46. The number of ether oxygens (including phenoxy) is 1. The second kappa shape index (κ2) is 3.75. The van der Waals surface area contributed by atoms with Gasteiger partial charge in [0.15, 0.2) is 5.60 Å². The zero-order valence-corrected chi connectivity index (χ0v) is 11.3. The van der Waals surface area contributed by atoms with Crippen LogP contribution >= 0.6 is 0 Å². The zero-order valence-electron chi connectivity index (χ0n) is 11.3. The first-order valence-electron chi connectivity index (χ1n) is 7.35. The van der Waals surface area contributed by atoms with E-state index in [4.69, 9.17) is 4.74 Å². The number of benzene rings is 1. The maximum atomic E-state index is 12.2. The van der Waals surface area contributed by atoms with Gasteiger partial charge in [0.2, 0.25) is 0 Å². The van der Waals surface area contributed by atoms with Crippen molar-refractivity contribution in [1.82, 2.24) is 4.90 Å². The average molecular weight is 257 g/mol. The molecule has 0 N–H and O–H groups in total. The van der Waals surface area contributed by atoms with Gasteiger partial charge in [0, 0.05) is 12.1 Å². The van der Waals surface area contributed by atoms with E-state index in [2.05, 4.69) is 31.2 Å². The molecule has 3 aliphatic rings. The smallest absolute Gasteiger partial charge is 0.411 e. The van der Waals surface area contributed by atoms with E-state index in [-0.39, 0.29) is 17.7 Å². The van der Waals surface area contributed by atoms with Gasteiger partial charge in [-0.15, -0.1) is 0 Å². The van der Waals surface area contributed by atoms with E-state index < -0.39 is 0 Å². The van der Waals surface area contributed by atoms with Crippen molar-refractivity contribution in [3.8, 4) is 0 Å². The van der Waals surface area contributed by atoms with E-state index in [1.54, 1.807) is 0 Å². The van der Waals surface area contributed by atoms with Gasteiger partial charge in [0.25, 0.3) is 0 Å². The second-order valence-corrected chi connectivity index (χ2v) is 6.03. The molecule has 2 bridgehead atoms. The zero-order chi connectivity index (χ0) is 13.0. The predicted molar refractivity (Wildman–Crippen MR) is 72.0 cm³/mol. The summed E-state index contributed by atoms with van der Waals surface area (Å²) in [6.07, 6.45) is 4.02. The highest BCUT2D eigenvalue weighted by Crippen LogP contribution is 2.55. The Hall–Kier alpha value is -1.51. The molecule has 1 amide bonds. The van der Waals surface area contributed by atoms with Gasteiger partial charge < -0.3 is 9.64 Å². The maximum absolute atomic E-state index is 12.2. The number of fused-ring (bicyclic) bond motifs is 4. The van der Waals surface area contributed by atoms with Gasteiger partial charge in [-0.3, -0.25) is 0 Å². The van der Waals surface area contributed by atoms with Crippen molar-refractivity contribution in [3.63, 3.8) is 0 Å². The molecule has 2 heterocycles. The summed E-state index contributed by atoms with van der Waals surface area (Å²) in [4.78, 5) is 14.2. The Balaban J connectivity index is 1.94. The number of carbonyl (C=O) groups excluding carboxylic acids is 1. The molecule has 1 aliphatic carbocycles. The van der Waals surface area contributed by atoms with Crippen molar-refractivity contribution in [1.29, 1.82) is 0 Å². The number of rotatable bonds is 2. The van der Waals surface area contributed by atoms with Crippen LogP contribution in [-0.2, 0) is 10.3 Å². The van der Waals surface area contributed by atoms with Gasteiger partial charge in [0.05, 0.1) is 6.04 Å². The lowest BCUT2D eigenvalue weighted by atomic mass is 9.66. The van der Waals surface area contributed by atoms with Crippen molar-refractivity contribution in [2.75, 3.05) is 6.54 Å². The molecule has 2 fully saturated rings. The first-order chi connectivity index (χ1) is 9.26. The van der Waals surface area contributed by atoms with Gasteiger partial charge in [0.1, 0.15) is 0 Å². The molecule has 0 radical (unpaired) electrons. The monoisotopic (exact) mass is 257 g/mol. The van der Waals surface area contributed by atoms with Crippen LogP contribution in [0, 0.1) is 0 Å². The fraction of sp³-hybridized carbons (Fsp3) is 0.562. The topological polar surface area (TPSA) is 29.5 Å². The Bertz CT molecular complexity index is 541. The molecule has 0 aromatic heterocycles. The van der Waals surface area contributed by atoms with Crippen LogP contribution in [0.2, 0.25) is 0 Å². The molecule has 1 aromatic rings. The molecule has 1 aromatic carbocycles. The molecule has 4 rings (SSSR count). The molecule has 2 saturated heterocycles. The first kappa shape index (κ1) is 11.3. The third-order valence-corrected chi connectivity index (χ3v) is 5.12. The van der Waals surface area contributed by atoms with Crippen molar-refractivity contribution in [3.05, 3.63) is 35.4 Å². The molecule has 100 valence electrons. The quantitative estimate of drug-likeness (QED) is 0.812. The predicted octanol–water partition coefficient (Wildman–Crippen LogP) is 3.39. The SMILES string of the molecule is CCCC12OC(=O)N3CCC(CC31)c1ccccc12. The summed E-state index contributed by atoms with van der Waals surface area (Å²) in [5, 5.41) is 0. The van der Waals surface area contributed by atoms with Crippen LogP contribution in [0.4, 0.5) is 4.79 Å². The lowest BCUT2D eigenvalue weighted by molar-refractivity contribution is 0.00335. The lowest BCUT2D eigenvalue weighted by Crippen LogP contribution is -2.51. The minimum atomic E-state index is -0.376. The van der Waals surface area contributed by atoms with Crippen LogP contribution in [0.1, 0.15) is 49.7 Å². The molecule has 0 spiro atoms. The van der Waals surface area contributed by atoms with Gasteiger partial charge in [-0.05, 0) is 30.7 Å². The van der Waals surface area contributed by atoms with Crippen molar-refractivity contribution in [2.24, 2.45) is 0 Å². The van der Waals surface area contributed by atoms with Crippen molar-refractivity contribution >= 4 is 6.09 Å². The molecule has 3 unspecified atom stereocenters. The number of hydrogen-bond acceptors (Lipinski definition) is 2. The summed E-state index contributed by atoms with van der Waals surface area (Å²) in [7, 11) is 0. The van der Waals surface area contributed by atoms with E-state index in [0.717, 1.165) is 32.2 Å². The Morgan fingerprint density at radius 2 is 2.26 bits per heavy atom. The van der Waals surface area contributed by atoms with Gasteiger partial charge in [-0.1, -0.05) is 37.6 Å². The number of carbonyl (C=O) groups is 1. The number of hydrogen-bond donors (Lipinski definition) is 0. The van der Waals surface area contributed by atoms with Crippen LogP contribution in [0.15, 0.2) is 24.3 Å². The third kappa shape index (κ3) is 1.31. The number of nitrogens with zero attached hydrogens (tertiary/aromatic N) is 1. The van der Waals surface area contributed by atoms with Crippen LogP contribution in [0.3, 0.4) is 0 Å². The molecule has 3 nitrogen and oxygen atoms in total. The maximum Gasteiger partial charge on any atom is 0.411 e. The molecule has 3 atom stereocenters. The molecule has 2 aliphatic heterocycles. The third-order valence-electron chi connectivity index (χ3n) is 5.12. The van der Waals surface area contributed by atoms with Crippen LogP contribution in [0.25, 0.3) is 0 Å².